The zero-order chi connectivity index (χ0) is 12.4. The van der Waals surface area contributed by atoms with Crippen LogP contribution in [0.25, 0.3) is 0 Å². The van der Waals surface area contributed by atoms with E-state index < -0.39 is 10.2 Å². The average molecular weight is 263 g/mol. The Bertz CT molecular complexity index is 342. The minimum absolute atomic E-state index is 0.263. The molecule has 1 saturated carbocycles. The molecule has 2 N–H and O–H groups in total. The highest BCUT2D eigenvalue weighted by molar-refractivity contribution is 7.87. The SMILES string of the molecule is COC1(CNS(=O)(=O)N2CCNCC2)CCC1. The van der Waals surface area contributed by atoms with E-state index in [9.17, 15) is 8.42 Å². The van der Waals surface area contributed by atoms with Gasteiger partial charge in [-0.3, -0.25) is 0 Å². The smallest absolute Gasteiger partial charge is 0.279 e. The first-order valence-electron chi connectivity index (χ1n) is 6.09. The van der Waals surface area contributed by atoms with Gasteiger partial charge < -0.3 is 10.1 Å². The number of hydrogen-bond acceptors (Lipinski definition) is 4. The van der Waals surface area contributed by atoms with Crippen molar-refractivity contribution in [3.8, 4) is 0 Å². The highest BCUT2D eigenvalue weighted by atomic mass is 32.2. The lowest BCUT2D eigenvalue weighted by Gasteiger charge is -2.41. The van der Waals surface area contributed by atoms with E-state index in [1.54, 1.807) is 7.11 Å². The van der Waals surface area contributed by atoms with E-state index in [0.717, 1.165) is 32.4 Å². The van der Waals surface area contributed by atoms with Gasteiger partial charge in [-0.1, -0.05) is 0 Å². The van der Waals surface area contributed by atoms with Crippen LogP contribution in [0, 0.1) is 0 Å². The minimum atomic E-state index is -3.34. The largest absolute Gasteiger partial charge is 0.377 e. The molecule has 2 fully saturated rings. The summed E-state index contributed by atoms with van der Waals surface area (Å²) < 4.78 is 33.6. The summed E-state index contributed by atoms with van der Waals surface area (Å²) in [4.78, 5) is 0. The van der Waals surface area contributed by atoms with Gasteiger partial charge in [0.05, 0.1) is 5.60 Å². The second kappa shape index (κ2) is 5.19. The quantitative estimate of drug-likeness (QED) is 0.688. The van der Waals surface area contributed by atoms with Crippen LogP contribution in [0.4, 0.5) is 0 Å². The first-order valence-corrected chi connectivity index (χ1v) is 7.53. The van der Waals surface area contributed by atoms with Crippen molar-refractivity contribution in [2.24, 2.45) is 0 Å². The lowest BCUT2D eigenvalue weighted by molar-refractivity contribution is -0.0661. The van der Waals surface area contributed by atoms with Crippen molar-refractivity contribution >= 4 is 10.2 Å². The molecule has 7 heteroatoms. The molecule has 0 bridgehead atoms. The number of rotatable bonds is 5. The zero-order valence-corrected chi connectivity index (χ0v) is 11.1. The lowest BCUT2D eigenvalue weighted by Crippen LogP contribution is -2.55. The molecular weight excluding hydrogens is 242 g/mol. The monoisotopic (exact) mass is 263 g/mol. The molecular formula is C10H21N3O3S. The maximum Gasteiger partial charge on any atom is 0.279 e. The maximum absolute atomic E-state index is 12.0. The third-order valence-corrected chi connectivity index (χ3v) is 5.24. The molecule has 0 spiro atoms. The van der Waals surface area contributed by atoms with E-state index in [1.807, 2.05) is 0 Å². The highest BCUT2D eigenvalue weighted by Crippen LogP contribution is 2.34. The van der Waals surface area contributed by atoms with E-state index in [2.05, 4.69) is 10.0 Å². The topological polar surface area (TPSA) is 70.7 Å². The van der Waals surface area contributed by atoms with E-state index in [-0.39, 0.29) is 5.60 Å². The molecule has 0 aromatic carbocycles. The van der Waals surface area contributed by atoms with Crippen LogP contribution in [0.3, 0.4) is 0 Å². The first-order chi connectivity index (χ1) is 8.08. The third-order valence-electron chi connectivity index (χ3n) is 3.69. The summed E-state index contributed by atoms with van der Waals surface area (Å²) >= 11 is 0. The van der Waals surface area contributed by atoms with E-state index in [1.165, 1.54) is 4.31 Å². The predicted molar refractivity (Wildman–Crippen MR) is 65.0 cm³/mol. The fraction of sp³-hybridized carbons (Fsp3) is 1.00. The second-order valence-electron chi connectivity index (χ2n) is 4.72. The number of piperazine rings is 1. The molecule has 2 rings (SSSR count). The van der Waals surface area contributed by atoms with Crippen LogP contribution in [0.2, 0.25) is 0 Å². The molecule has 6 nitrogen and oxygen atoms in total. The van der Waals surface area contributed by atoms with Gasteiger partial charge in [0.2, 0.25) is 0 Å². The van der Waals surface area contributed by atoms with Gasteiger partial charge in [-0.25, -0.2) is 0 Å². The summed E-state index contributed by atoms with van der Waals surface area (Å²) in [6, 6.07) is 0. The lowest BCUT2D eigenvalue weighted by atomic mass is 9.80. The Hall–Kier alpha value is -0.210. The number of nitrogens with one attached hydrogen (secondary N) is 2. The van der Waals surface area contributed by atoms with Crippen LogP contribution >= 0.6 is 0 Å². The Labute approximate surface area is 103 Å². The van der Waals surface area contributed by atoms with Crippen LogP contribution in [0.15, 0.2) is 0 Å². The number of nitrogens with zero attached hydrogens (tertiary/aromatic N) is 1. The van der Waals surface area contributed by atoms with Gasteiger partial charge in [-0.05, 0) is 19.3 Å². The average Bonchev–Trinajstić information content (AvgIpc) is 2.29. The van der Waals surface area contributed by atoms with Crippen LogP contribution in [-0.2, 0) is 14.9 Å². The first kappa shape index (κ1) is 13.2. The van der Waals surface area contributed by atoms with Gasteiger partial charge in [-0.2, -0.15) is 17.4 Å². The molecule has 1 heterocycles. The summed E-state index contributed by atoms with van der Waals surface area (Å²) in [5.41, 5.74) is -0.263. The Morgan fingerprint density at radius 2 is 2.00 bits per heavy atom. The second-order valence-corrected chi connectivity index (χ2v) is 6.47. The van der Waals surface area contributed by atoms with E-state index in [0.29, 0.717) is 19.6 Å². The van der Waals surface area contributed by atoms with E-state index in [4.69, 9.17) is 4.74 Å². The summed E-state index contributed by atoms with van der Waals surface area (Å²) in [6.07, 6.45) is 2.99. The normalized spacial score (nSPS) is 25.5. The van der Waals surface area contributed by atoms with Crippen molar-refractivity contribution in [2.75, 3.05) is 39.8 Å². The zero-order valence-electron chi connectivity index (χ0n) is 10.2. The van der Waals surface area contributed by atoms with Crippen molar-refractivity contribution in [3.63, 3.8) is 0 Å². The van der Waals surface area contributed by atoms with Crippen molar-refractivity contribution in [1.29, 1.82) is 0 Å². The molecule has 17 heavy (non-hydrogen) atoms. The number of ether oxygens (including phenoxy) is 1. The number of hydrogen-bond donors (Lipinski definition) is 2. The van der Waals surface area contributed by atoms with Gasteiger partial charge in [0, 0.05) is 39.8 Å². The van der Waals surface area contributed by atoms with Gasteiger partial charge >= 0.3 is 0 Å². The summed E-state index contributed by atoms with van der Waals surface area (Å²) in [5, 5.41) is 3.13. The van der Waals surface area contributed by atoms with Gasteiger partial charge in [0.25, 0.3) is 10.2 Å². The van der Waals surface area contributed by atoms with Crippen LogP contribution in [0.5, 0.6) is 0 Å². The van der Waals surface area contributed by atoms with Gasteiger partial charge in [0.1, 0.15) is 0 Å². The predicted octanol–water partition coefficient (Wildman–Crippen LogP) is -0.705. The summed E-state index contributed by atoms with van der Waals surface area (Å²) in [7, 11) is -1.69. The molecule has 1 saturated heterocycles. The third kappa shape index (κ3) is 2.97. The Morgan fingerprint density at radius 1 is 1.35 bits per heavy atom. The van der Waals surface area contributed by atoms with E-state index >= 15 is 0 Å². The molecule has 100 valence electrons. The molecule has 1 aliphatic heterocycles. The van der Waals surface area contributed by atoms with Crippen molar-refractivity contribution in [1.82, 2.24) is 14.3 Å². The maximum atomic E-state index is 12.0. The molecule has 2 aliphatic rings. The molecule has 0 unspecified atom stereocenters. The van der Waals surface area contributed by atoms with Crippen molar-refractivity contribution in [2.45, 2.75) is 24.9 Å². The molecule has 0 atom stereocenters. The molecule has 0 aromatic rings. The van der Waals surface area contributed by atoms with Crippen molar-refractivity contribution in [3.05, 3.63) is 0 Å². The highest BCUT2D eigenvalue weighted by Gasteiger charge is 2.38. The van der Waals surface area contributed by atoms with Gasteiger partial charge in [-0.15, -0.1) is 0 Å². The molecule has 0 amide bonds. The Morgan fingerprint density at radius 3 is 2.47 bits per heavy atom. The van der Waals surface area contributed by atoms with Crippen LogP contribution in [0.1, 0.15) is 19.3 Å². The number of methoxy groups -OCH3 is 1. The fourth-order valence-corrected chi connectivity index (χ4v) is 3.51. The van der Waals surface area contributed by atoms with Gasteiger partial charge in [0.15, 0.2) is 0 Å². The molecule has 0 radical (unpaired) electrons. The summed E-state index contributed by atoms with van der Waals surface area (Å²) in [6.45, 7) is 2.90. The molecule has 1 aliphatic carbocycles. The van der Waals surface area contributed by atoms with Crippen molar-refractivity contribution < 1.29 is 13.2 Å². The minimum Gasteiger partial charge on any atom is -0.377 e. The fourth-order valence-electron chi connectivity index (χ4n) is 2.22. The Balaban J connectivity index is 1.88. The van der Waals surface area contributed by atoms with Crippen LogP contribution in [-0.4, -0.2) is 58.2 Å². The van der Waals surface area contributed by atoms with Crippen LogP contribution < -0.4 is 10.0 Å². The summed E-state index contributed by atoms with van der Waals surface area (Å²) in [5.74, 6) is 0. The molecule has 0 aromatic heterocycles. The Kier molecular flexibility index (Phi) is 4.04. The standard InChI is InChI=1S/C10H21N3O3S/c1-16-10(3-2-4-10)9-12-17(14,15)13-7-5-11-6-8-13/h11-12H,2-9H2,1H3.